The van der Waals surface area contributed by atoms with E-state index in [2.05, 4.69) is 5.32 Å². The molecule has 0 aliphatic heterocycles. The largest absolute Gasteiger partial charge is 0.462 e. The van der Waals surface area contributed by atoms with Gasteiger partial charge in [-0.3, -0.25) is 0 Å². The first kappa shape index (κ1) is 18.5. The summed E-state index contributed by atoms with van der Waals surface area (Å²) < 4.78 is 4.95. The predicted molar refractivity (Wildman–Crippen MR) is 98.5 cm³/mol. The van der Waals surface area contributed by atoms with E-state index in [1.54, 1.807) is 36.1 Å². The molecule has 0 aliphatic carbocycles. The Kier molecular flexibility index (Phi) is 6.57. The molecule has 132 valence electrons. The number of amides is 2. The number of hydrogen-bond donors (Lipinski definition) is 1. The fraction of sp³-hybridized carbons (Fsp3) is 0.300. The van der Waals surface area contributed by atoms with E-state index < -0.39 is 0 Å². The van der Waals surface area contributed by atoms with E-state index in [1.165, 1.54) is 0 Å². The van der Waals surface area contributed by atoms with Gasteiger partial charge in [-0.2, -0.15) is 0 Å². The Bertz CT molecular complexity index is 697. The van der Waals surface area contributed by atoms with E-state index in [4.69, 9.17) is 4.74 Å². The highest BCUT2D eigenvalue weighted by atomic mass is 16.5. The molecule has 2 aromatic carbocycles. The average molecular weight is 340 g/mol. The maximum atomic E-state index is 12.6. The SMILES string of the molecule is CCOC(=O)c1ccc(NC(=O)N(Cc2ccccc2)C(C)C)cc1. The molecule has 0 saturated carbocycles. The zero-order valence-corrected chi connectivity index (χ0v) is 14.9. The van der Waals surface area contributed by atoms with Crippen molar-refractivity contribution in [1.29, 1.82) is 0 Å². The molecule has 5 heteroatoms. The molecule has 0 spiro atoms. The summed E-state index contributed by atoms with van der Waals surface area (Å²) in [7, 11) is 0. The number of ether oxygens (including phenoxy) is 1. The number of benzene rings is 2. The van der Waals surface area contributed by atoms with Crippen molar-refractivity contribution in [2.75, 3.05) is 11.9 Å². The Morgan fingerprint density at radius 3 is 2.24 bits per heavy atom. The third kappa shape index (κ3) is 5.35. The van der Waals surface area contributed by atoms with Gasteiger partial charge < -0.3 is 15.0 Å². The zero-order chi connectivity index (χ0) is 18.2. The average Bonchev–Trinajstić information content (AvgIpc) is 2.61. The maximum absolute atomic E-state index is 12.6. The highest BCUT2D eigenvalue weighted by Gasteiger charge is 2.17. The summed E-state index contributed by atoms with van der Waals surface area (Å²) in [6.45, 7) is 6.59. The molecule has 25 heavy (non-hydrogen) atoms. The predicted octanol–water partition coefficient (Wildman–Crippen LogP) is 4.31. The molecule has 2 rings (SSSR count). The minimum atomic E-state index is -0.367. The van der Waals surface area contributed by atoms with E-state index in [1.807, 2.05) is 44.2 Å². The third-order valence-corrected chi connectivity index (χ3v) is 3.73. The summed E-state index contributed by atoms with van der Waals surface area (Å²) in [5.74, 6) is -0.367. The molecule has 0 aliphatic rings. The normalized spacial score (nSPS) is 10.4. The number of anilines is 1. The number of rotatable bonds is 6. The van der Waals surface area contributed by atoms with Crippen LogP contribution in [-0.2, 0) is 11.3 Å². The topological polar surface area (TPSA) is 58.6 Å². The van der Waals surface area contributed by atoms with Crippen LogP contribution in [0, 0.1) is 0 Å². The minimum absolute atomic E-state index is 0.0546. The van der Waals surface area contributed by atoms with Gasteiger partial charge >= 0.3 is 12.0 Å². The second kappa shape index (κ2) is 8.87. The lowest BCUT2D eigenvalue weighted by molar-refractivity contribution is 0.0526. The highest BCUT2D eigenvalue weighted by molar-refractivity contribution is 5.92. The zero-order valence-electron chi connectivity index (χ0n) is 14.9. The monoisotopic (exact) mass is 340 g/mol. The van der Waals surface area contributed by atoms with Gasteiger partial charge in [-0.05, 0) is 50.6 Å². The Hall–Kier alpha value is -2.82. The number of nitrogens with zero attached hydrogens (tertiary/aromatic N) is 1. The van der Waals surface area contributed by atoms with E-state index >= 15 is 0 Å². The summed E-state index contributed by atoms with van der Waals surface area (Å²) >= 11 is 0. The van der Waals surface area contributed by atoms with Crippen LogP contribution < -0.4 is 5.32 Å². The van der Waals surface area contributed by atoms with Gasteiger partial charge in [0, 0.05) is 18.3 Å². The first-order valence-corrected chi connectivity index (χ1v) is 8.40. The van der Waals surface area contributed by atoms with Gasteiger partial charge in [0.2, 0.25) is 0 Å². The summed E-state index contributed by atoms with van der Waals surface area (Å²) in [5.41, 5.74) is 2.17. The van der Waals surface area contributed by atoms with Gasteiger partial charge in [-0.15, -0.1) is 0 Å². The molecule has 2 amide bonds. The molecule has 0 heterocycles. The van der Waals surface area contributed by atoms with Crippen molar-refractivity contribution >= 4 is 17.7 Å². The number of nitrogens with one attached hydrogen (secondary N) is 1. The summed E-state index contributed by atoms with van der Waals surface area (Å²) in [4.78, 5) is 26.0. The molecular weight excluding hydrogens is 316 g/mol. The number of carbonyl (C=O) groups excluding carboxylic acids is 2. The lowest BCUT2D eigenvalue weighted by Gasteiger charge is -2.27. The molecule has 0 aromatic heterocycles. The third-order valence-electron chi connectivity index (χ3n) is 3.73. The van der Waals surface area contributed by atoms with E-state index in [9.17, 15) is 9.59 Å². The van der Waals surface area contributed by atoms with Gasteiger partial charge in [0.15, 0.2) is 0 Å². The van der Waals surface area contributed by atoms with Crippen molar-refractivity contribution < 1.29 is 14.3 Å². The smallest absolute Gasteiger partial charge is 0.338 e. The second-order valence-corrected chi connectivity index (χ2v) is 5.94. The van der Waals surface area contributed by atoms with E-state index in [0.29, 0.717) is 24.4 Å². The van der Waals surface area contributed by atoms with E-state index in [0.717, 1.165) is 5.56 Å². The fourth-order valence-corrected chi connectivity index (χ4v) is 2.37. The standard InChI is InChI=1S/C20H24N2O3/c1-4-25-19(23)17-10-12-18(13-11-17)21-20(24)22(15(2)3)14-16-8-6-5-7-9-16/h5-13,15H,4,14H2,1-3H3,(H,21,24). The van der Waals surface area contributed by atoms with Crippen molar-refractivity contribution in [3.63, 3.8) is 0 Å². The van der Waals surface area contributed by atoms with Crippen molar-refractivity contribution in [1.82, 2.24) is 4.90 Å². The minimum Gasteiger partial charge on any atom is -0.462 e. The van der Waals surface area contributed by atoms with Crippen LogP contribution in [0.5, 0.6) is 0 Å². The van der Waals surface area contributed by atoms with Crippen LogP contribution in [0.25, 0.3) is 0 Å². The Morgan fingerprint density at radius 1 is 1.04 bits per heavy atom. The number of carbonyl (C=O) groups is 2. The van der Waals surface area contributed by atoms with Crippen LogP contribution in [0.2, 0.25) is 0 Å². The highest BCUT2D eigenvalue weighted by Crippen LogP contribution is 2.14. The van der Waals surface area contributed by atoms with Crippen LogP contribution in [0.3, 0.4) is 0 Å². The maximum Gasteiger partial charge on any atom is 0.338 e. The molecule has 0 radical (unpaired) electrons. The van der Waals surface area contributed by atoms with Crippen LogP contribution >= 0.6 is 0 Å². The summed E-state index contributed by atoms with van der Waals surface area (Å²) in [6, 6.07) is 16.4. The van der Waals surface area contributed by atoms with Gasteiger partial charge in [-0.1, -0.05) is 30.3 Å². The first-order valence-electron chi connectivity index (χ1n) is 8.40. The second-order valence-electron chi connectivity index (χ2n) is 5.94. The fourth-order valence-electron chi connectivity index (χ4n) is 2.37. The summed E-state index contributed by atoms with van der Waals surface area (Å²) in [5, 5.41) is 2.88. The molecule has 0 saturated heterocycles. The molecule has 0 unspecified atom stereocenters. The van der Waals surface area contributed by atoms with Gasteiger partial charge in [0.05, 0.1) is 12.2 Å². The van der Waals surface area contributed by atoms with Crippen LogP contribution in [0.1, 0.15) is 36.7 Å². The lowest BCUT2D eigenvalue weighted by Crippen LogP contribution is -2.39. The number of esters is 1. The first-order chi connectivity index (χ1) is 12.0. The molecule has 2 aromatic rings. The molecule has 0 atom stereocenters. The van der Waals surface area contributed by atoms with Gasteiger partial charge in [0.25, 0.3) is 0 Å². The van der Waals surface area contributed by atoms with Crippen LogP contribution in [0.15, 0.2) is 54.6 Å². The molecule has 5 nitrogen and oxygen atoms in total. The number of hydrogen-bond acceptors (Lipinski definition) is 3. The Morgan fingerprint density at radius 2 is 1.68 bits per heavy atom. The van der Waals surface area contributed by atoms with Crippen molar-refractivity contribution in [2.24, 2.45) is 0 Å². The molecule has 1 N–H and O–H groups in total. The van der Waals surface area contributed by atoms with Gasteiger partial charge in [0.1, 0.15) is 0 Å². The van der Waals surface area contributed by atoms with Gasteiger partial charge in [-0.25, -0.2) is 9.59 Å². The quantitative estimate of drug-likeness (QED) is 0.797. The Balaban J connectivity index is 2.04. The summed E-state index contributed by atoms with van der Waals surface area (Å²) in [6.07, 6.45) is 0. The lowest BCUT2D eigenvalue weighted by atomic mass is 10.2. The molecule has 0 fully saturated rings. The van der Waals surface area contributed by atoms with Crippen LogP contribution in [-0.4, -0.2) is 29.5 Å². The Labute approximate surface area is 148 Å². The number of urea groups is 1. The van der Waals surface area contributed by atoms with Crippen molar-refractivity contribution in [3.05, 3.63) is 65.7 Å². The molecule has 0 bridgehead atoms. The van der Waals surface area contributed by atoms with Crippen molar-refractivity contribution in [3.8, 4) is 0 Å². The van der Waals surface area contributed by atoms with E-state index in [-0.39, 0.29) is 18.0 Å². The molecular formula is C20H24N2O3. The van der Waals surface area contributed by atoms with Crippen LogP contribution in [0.4, 0.5) is 10.5 Å². The van der Waals surface area contributed by atoms with Crippen molar-refractivity contribution in [2.45, 2.75) is 33.4 Å².